The summed E-state index contributed by atoms with van der Waals surface area (Å²) in [5.41, 5.74) is 9.52. The van der Waals surface area contributed by atoms with E-state index in [0.717, 1.165) is 28.7 Å². The third-order valence-corrected chi connectivity index (χ3v) is 4.59. The van der Waals surface area contributed by atoms with Crippen LogP contribution in [0.4, 0.5) is 0 Å². The highest BCUT2D eigenvalue weighted by atomic mass is 35.5. The van der Waals surface area contributed by atoms with Crippen molar-refractivity contribution in [3.63, 3.8) is 0 Å². The zero-order valence-electron chi connectivity index (χ0n) is 11.0. The van der Waals surface area contributed by atoms with Crippen LogP contribution in [-0.4, -0.2) is 11.4 Å². The second-order valence-electron chi connectivity index (χ2n) is 5.06. The molecule has 0 aliphatic carbocycles. The van der Waals surface area contributed by atoms with Gasteiger partial charge in [0, 0.05) is 35.7 Å². The molecule has 0 spiro atoms. The van der Waals surface area contributed by atoms with E-state index in [4.69, 9.17) is 28.9 Å². The van der Waals surface area contributed by atoms with E-state index in [1.807, 2.05) is 30.3 Å². The highest BCUT2D eigenvalue weighted by molar-refractivity contribution is 6.31. The van der Waals surface area contributed by atoms with Crippen LogP contribution in [0.15, 0.2) is 42.5 Å². The molecule has 0 saturated heterocycles. The summed E-state index contributed by atoms with van der Waals surface area (Å²) in [6.07, 6.45) is 0. The summed E-state index contributed by atoms with van der Waals surface area (Å²) in [6.45, 7) is 2.19. The molecular weight excluding hydrogens is 291 g/mol. The van der Waals surface area contributed by atoms with Crippen LogP contribution < -0.4 is 5.73 Å². The summed E-state index contributed by atoms with van der Waals surface area (Å²) in [6, 6.07) is 14.2. The Morgan fingerprint density at radius 3 is 2.55 bits per heavy atom. The fraction of sp³-hybridized carbons (Fsp3) is 0.250. The molecule has 0 bridgehead atoms. The Bertz CT molecular complexity index is 628. The molecule has 1 atom stereocenters. The van der Waals surface area contributed by atoms with Crippen LogP contribution in [-0.2, 0) is 13.1 Å². The molecule has 1 unspecified atom stereocenters. The number of fused-ring (bicyclic) bond motifs is 1. The van der Waals surface area contributed by atoms with Crippen molar-refractivity contribution in [2.75, 3.05) is 6.54 Å². The molecule has 1 aliphatic heterocycles. The molecule has 2 nitrogen and oxygen atoms in total. The Labute approximate surface area is 129 Å². The lowest BCUT2D eigenvalue weighted by Crippen LogP contribution is -2.27. The van der Waals surface area contributed by atoms with Crippen molar-refractivity contribution in [1.82, 2.24) is 4.90 Å². The van der Waals surface area contributed by atoms with Crippen molar-refractivity contribution >= 4 is 23.2 Å². The van der Waals surface area contributed by atoms with E-state index in [-0.39, 0.29) is 6.04 Å². The predicted octanol–water partition coefficient (Wildman–Crippen LogP) is 4.01. The van der Waals surface area contributed by atoms with Crippen molar-refractivity contribution < 1.29 is 0 Å². The van der Waals surface area contributed by atoms with Crippen LogP contribution in [0.3, 0.4) is 0 Å². The highest BCUT2D eigenvalue weighted by Crippen LogP contribution is 2.38. The molecule has 0 saturated carbocycles. The molecule has 2 aromatic carbocycles. The normalized spacial score (nSPS) is 18.2. The quantitative estimate of drug-likeness (QED) is 0.928. The Hall–Kier alpha value is -1.06. The topological polar surface area (TPSA) is 29.3 Å². The van der Waals surface area contributed by atoms with Crippen LogP contribution in [0.25, 0.3) is 0 Å². The molecule has 3 rings (SSSR count). The Kier molecular flexibility index (Phi) is 3.99. The minimum atomic E-state index is 0.208. The van der Waals surface area contributed by atoms with Gasteiger partial charge in [-0.2, -0.15) is 0 Å². The third kappa shape index (κ3) is 2.45. The van der Waals surface area contributed by atoms with E-state index in [1.54, 1.807) is 0 Å². The Morgan fingerprint density at radius 2 is 1.80 bits per heavy atom. The van der Waals surface area contributed by atoms with Crippen LogP contribution in [0.2, 0.25) is 10.0 Å². The maximum Gasteiger partial charge on any atom is 0.0481 e. The average Bonchev–Trinajstić information content (AvgIpc) is 2.80. The first-order valence-corrected chi connectivity index (χ1v) is 7.41. The van der Waals surface area contributed by atoms with E-state index in [2.05, 4.69) is 17.0 Å². The smallest absolute Gasteiger partial charge is 0.0481 e. The number of halogens is 2. The molecule has 2 aromatic rings. The van der Waals surface area contributed by atoms with E-state index in [9.17, 15) is 0 Å². The van der Waals surface area contributed by atoms with Gasteiger partial charge < -0.3 is 5.73 Å². The SMILES string of the molecule is NCC1c2cccc(Cl)c2CN1Cc1ccccc1Cl. The van der Waals surface area contributed by atoms with Gasteiger partial charge in [-0.3, -0.25) is 4.90 Å². The van der Waals surface area contributed by atoms with Gasteiger partial charge in [0.2, 0.25) is 0 Å². The molecule has 4 heteroatoms. The number of nitrogens with zero attached hydrogens (tertiary/aromatic N) is 1. The zero-order valence-corrected chi connectivity index (χ0v) is 12.5. The minimum absolute atomic E-state index is 0.208. The summed E-state index contributed by atoms with van der Waals surface area (Å²) >= 11 is 12.6. The second-order valence-corrected chi connectivity index (χ2v) is 5.87. The second kappa shape index (κ2) is 5.74. The summed E-state index contributed by atoms with van der Waals surface area (Å²) < 4.78 is 0. The van der Waals surface area contributed by atoms with Crippen molar-refractivity contribution in [2.45, 2.75) is 19.1 Å². The summed E-state index contributed by atoms with van der Waals surface area (Å²) in [5, 5.41) is 1.62. The van der Waals surface area contributed by atoms with Gasteiger partial charge in [0.05, 0.1) is 0 Å². The molecule has 0 radical (unpaired) electrons. The monoisotopic (exact) mass is 306 g/mol. The summed E-state index contributed by atoms with van der Waals surface area (Å²) in [7, 11) is 0. The first kappa shape index (κ1) is 13.9. The van der Waals surface area contributed by atoms with Gasteiger partial charge >= 0.3 is 0 Å². The van der Waals surface area contributed by atoms with Gasteiger partial charge in [-0.05, 0) is 28.8 Å². The molecular formula is C16H16Cl2N2. The Morgan fingerprint density at radius 1 is 1.05 bits per heavy atom. The maximum absolute atomic E-state index is 6.30. The summed E-state index contributed by atoms with van der Waals surface area (Å²) in [5.74, 6) is 0. The van der Waals surface area contributed by atoms with E-state index < -0.39 is 0 Å². The van der Waals surface area contributed by atoms with Gasteiger partial charge in [-0.25, -0.2) is 0 Å². The van der Waals surface area contributed by atoms with Crippen LogP contribution in [0.1, 0.15) is 22.7 Å². The zero-order chi connectivity index (χ0) is 14.1. The lowest BCUT2D eigenvalue weighted by Gasteiger charge is -2.24. The van der Waals surface area contributed by atoms with Crippen LogP contribution in [0, 0.1) is 0 Å². The van der Waals surface area contributed by atoms with E-state index >= 15 is 0 Å². The van der Waals surface area contributed by atoms with E-state index in [0.29, 0.717) is 6.54 Å². The fourth-order valence-corrected chi connectivity index (χ4v) is 3.29. The fourth-order valence-electron chi connectivity index (χ4n) is 2.85. The predicted molar refractivity (Wildman–Crippen MR) is 83.9 cm³/mol. The van der Waals surface area contributed by atoms with Crippen molar-refractivity contribution in [3.8, 4) is 0 Å². The molecule has 20 heavy (non-hydrogen) atoms. The first-order chi connectivity index (χ1) is 9.70. The highest BCUT2D eigenvalue weighted by Gasteiger charge is 2.30. The Balaban J connectivity index is 1.90. The molecule has 1 heterocycles. The molecule has 0 aromatic heterocycles. The number of rotatable bonds is 3. The number of hydrogen-bond acceptors (Lipinski definition) is 2. The van der Waals surface area contributed by atoms with E-state index in [1.165, 1.54) is 11.1 Å². The lowest BCUT2D eigenvalue weighted by atomic mass is 10.0. The molecule has 0 amide bonds. The van der Waals surface area contributed by atoms with Gasteiger partial charge in [-0.1, -0.05) is 53.5 Å². The third-order valence-electron chi connectivity index (χ3n) is 3.87. The number of benzene rings is 2. The maximum atomic E-state index is 6.30. The van der Waals surface area contributed by atoms with Crippen LogP contribution >= 0.6 is 23.2 Å². The van der Waals surface area contributed by atoms with Crippen LogP contribution in [0.5, 0.6) is 0 Å². The number of hydrogen-bond donors (Lipinski definition) is 1. The molecule has 104 valence electrons. The van der Waals surface area contributed by atoms with Crippen molar-refractivity contribution in [2.24, 2.45) is 5.73 Å². The average molecular weight is 307 g/mol. The van der Waals surface area contributed by atoms with Gasteiger partial charge in [0.25, 0.3) is 0 Å². The largest absolute Gasteiger partial charge is 0.329 e. The molecule has 2 N–H and O–H groups in total. The van der Waals surface area contributed by atoms with Gasteiger partial charge in [0.15, 0.2) is 0 Å². The molecule has 0 fully saturated rings. The lowest BCUT2D eigenvalue weighted by molar-refractivity contribution is 0.211. The molecule has 1 aliphatic rings. The first-order valence-electron chi connectivity index (χ1n) is 6.65. The standard InChI is InChI=1S/C16H16Cl2N2/c17-14-6-2-1-4-11(14)9-20-10-13-12(16(20)8-19)5-3-7-15(13)18/h1-7,16H,8-10,19H2. The summed E-state index contributed by atoms with van der Waals surface area (Å²) in [4.78, 5) is 2.33. The van der Waals surface area contributed by atoms with Gasteiger partial charge in [-0.15, -0.1) is 0 Å². The minimum Gasteiger partial charge on any atom is -0.329 e. The van der Waals surface area contributed by atoms with Gasteiger partial charge in [0.1, 0.15) is 0 Å². The van der Waals surface area contributed by atoms with Crippen molar-refractivity contribution in [3.05, 3.63) is 69.2 Å². The van der Waals surface area contributed by atoms with Crippen molar-refractivity contribution in [1.29, 1.82) is 0 Å². The number of nitrogens with two attached hydrogens (primary N) is 1.